The third-order valence-corrected chi connectivity index (χ3v) is 4.23. The van der Waals surface area contributed by atoms with Gasteiger partial charge in [0.05, 0.1) is 12.5 Å². The van der Waals surface area contributed by atoms with E-state index < -0.39 is 0 Å². The first-order chi connectivity index (χ1) is 13.4. The molecule has 0 aliphatic rings. The van der Waals surface area contributed by atoms with E-state index in [9.17, 15) is 9.59 Å². The van der Waals surface area contributed by atoms with Gasteiger partial charge in [-0.15, -0.1) is 0 Å². The summed E-state index contributed by atoms with van der Waals surface area (Å²) in [4.78, 5) is 24.9. The number of hydrogen-bond acceptors (Lipinski definition) is 5. The molecule has 0 spiro atoms. The zero-order chi connectivity index (χ0) is 20.3. The first kappa shape index (κ1) is 19.5. The van der Waals surface area contributed by atoms with Gasteiger partial charge in [-0.05, 0) is 49.2 Å². The molecule has 28 heavy (non-hydrogen) atoms. The summed E-state index contributed by atoms with van der Waals surface area (Å²) < 4.78 is 16.7. The molecular weight excluding hydrogens is 358 g/mol. The van der Waals surface area contributed by atoms with Crippen molar-refractivity contribution in [3.8, 4) is 17.2 Å². The molecule has 146 valence electrons. The highest BCUT2D eigenvalue weighted by Gasteiger charge is 2.15. The van der Waals surface area contributed by atoms with Gasteiger partial charge >= 0.3 is 0 Å². The fraction of sp³-hybridized carbons (Fsp3) is 0.273. The minimum atomic E-state index is -0.264. The molecule has 0 aliphatic carbocycles. The van der Waals surface area contributed by atoms with Gasteiger partial charge < -0.3 is 19.2 Å². The molecule has 0 atom stereocenters. The first-order valence-electron chi connectivity index (χ1n) is 9.06. The van der Waals surface area contributed by atoms with Crippen LogP contribution >= 0.6 is 0 Å². The highest BCUT2D eigenvalue weighted by Crippen LogP contribution is 2.27. The minimum absolute atomic E-state index is 0.120. The Labute approximate surface area is 163 Å². The molecule has 1 aromatic heterocycles. The molecule has 0 radical (unpaired) electrons. The van der Waals surface area contributed by atoms with Crippen molar-refractivity contribution >= 4 is 16.9 Å². The number of carbonyl (C=O) groups is 1. The predicted molar refractivity (Wildman–Crippen MR) is 107 cm³/mol. The van der Waals surface area contributed by atoms with Crippen molar-refractivity contribution in [1.82, 2.24) is 5.32 Å². The molecule has 2 aromatic carbocycles. The van der Waals surface area contributed by atoms with Gasteiger partial charge in [-0.3, -0.25) is 9.59 Å². The van der Waals surface area contributed by atoms with E-state index in [-0.39, 0.29) is 17.1 Å². The van der Waals surface area contributed by atoms with Crippen LogP contribution in [0.2, 0.25) is 0 Å². The molecule has 3 aromatic rings. The lowest BCUT2D eigenvalue weighted by atomic mass is 10.1. The Bertz CT molecular complexity index is 1050. The molecule has 1 N–H and O–H groups in total. The van der Waals surface area contributed by atoms with Gasteiger partial charge in [0, 0.05) is 18.2 Å². The van der Waals surface area contributed by atoms with E-state index in [2.05, 4.69) is 5.32 Å². The molecule has 6 nitrogen and oxygen atoms in total. The minimum Gasteiger partial charge on any atom is -0.497 e. The molecular formula is C22H23NO5. The van der Waals surface area contributed by atoms with Crippen molar-refractivity contribution in [3.63, 3.8) is 0 Å². The number of methoxy groups -OCH3 is 1. The monoisotopic (exact) mass is 381 g/mol. The number of benzene rings is 2. The molecule has 0 bridgehead atoms. The second-order valence-corrected chi connectivity index (χ2v) is 6.91. The number of nitrogens with one attached hydrogen (secondary N) is 1. The van der Waals surface area contributed by atoms with Crippen molar-refractivity contribution < 1.29 is 18.7 Å². The molecule has 0 aliphatic heterocycles. The van der Waals surface area contributed by atoms with Gasteiger partial charge in [-0.2, -0.15) is 0 Å². The van der Waals surface area contributed by atoms with Gasteiger partial charge in [0.1, 0.15) is 22.8 Å². The first-order valence-corrected chi connectivity index (χ1v) is 9.06. The van der Waals surface area contributed by atoms with Crippen molar-refractivity contribution in [2.45, 2.75) is 20.8 Å². The average Bonchev–Trinajstić information content (AvgIpc) is 2.69. The highest BCUT2D eigenvalue weighted by molar-refractivity contribution is 5.94. The Morgan fingerprint density at radius 3 is 2.43 bits per heavy atom. The molecule has 0 fully saturated rings. The Hall–Kier alpha value is -3.28. The summed E-state index contributed by atoms with van der Waals surface area (Å²) in [5.41, 5.74) is 0.703. The van der Waals surface area contributed by atoms with E-state index in [4.69, 9.17) is 13.9 Å². The summed E-state index contributed by atoms with van der Waals surface area (Å²) >= 11 is 0. The lowest BCUT2D eigenvalue weighted by Gasteiger charge is -2.10. The Balaban J connectivity index is 1.84. The maximum Gasteiger partial charge on any atom is 0.251 e. The maximum atomic E-state index is 12.8. The van der Waals surface area contributed by atoms with E-state index in [1.807, 2.05) is 13.8 Å². The summed E-state index contributed by atoms with van der Waals surface area (Å²) in [5.74, 6) is 1.77. The maximum absolute atomic E-state index is 12.8. The highest BCUT2D eigenvalue weighted by atomic mass is 16.5. The Morgan fingerprint density at radius 2 is 1.79 bits per heavy atom. The van der Waals surface area contributed by atoms with Crippen LogP contribution in [0.5, 0.6) is 17.2 Å². The average molecular weight is 381 g/mol. The van der Waals surface area contributed by atoms with E-state index in [1.165, 1.54) is 0 Å². The van der Waals surface area contributed by atoms with Crippen LogP contribution in [0.3, 0.4) is 0 Å². The van der Waals surface area contributed by atoms with Crippen molar-refractivity contribution in [3.05, 3.63) is 64.0 Å². The second kappa shape index (κ2) is 8.17. The number of hydrogen-bond donors (Lipinski definition) is 1. The Kier molecular flexibility index (Phi) is 5.68. The zero-order valence-corrected chi connectivity index (χ0v) is 16.4. The molecule has 0 saturated heterocycles. The lowest BCUT2D eigenvalue weighted by Crippen LogP contribution is -2.27. The number of ether oxygens (including phenoxy) is 2. The lowest BCUT2D eigenvalue weighted by molar-refractivity contribution is 0.0949. The number of rotatable bonds is 6. The molecule has 3 rings (SSSR count). The van der Waals surface area contributed by atoms with Gasteiger partial charge in [0.25, 0.3) is 5.91 Å². The SMILES string of the molecule is COc1ccc2c(=O)c(Oc3ccc(C(=O)NCC(C)C)cc3)c(C)oc2c1. The fourth-order valence-electron chi connectivity index (χ4n) is 2.70. The number of amides is 1. The Morgan fingerprint density at radius 1 is 1.11 bits per heavy atom. The van der Waals surface area contributed by atoms with Crippen LogP contribution in [0, 0.1) is 12.8 Å². The second-order valence-electron chi connectivity index (χ2n) is 6.91. The fourth-order valence-corrected chi connectivity index (χ4v) is 2.70. The molecule has 0 saturated carbocycles. The third kappa shape index (κ3) is 4.17. The quantitative estimate of drug-likeness (QED) is 0.689. The van der Waals surface area contributed by atoms with Crippen molar-refractivity contribution in [1.29, 1.82) is 0 Å². The molecule has 1 amide bonds. The topological polar surface area (TPSA) is 77.8 Å². The molecule has 1 heterocycles. The van der Waals surface area contributed by atoms with Gasteiger partial charge in [0.2, 0.25) is 11.2 Å². The van der Waals surface area contributed by atoms with Crippen LogP contribution in [0.4, 0.5) is 0 Å². The number of carbonyl (C=O) groups excluding carboxylic acids is 1. The summed E-state index contributed by atoms with van der Waals surface area (Å²) in [5, 5.41) is 3.27. The van der Waals surface area contributed by atoms with Crippen LogP contribution in [-0.4, -0.2) is 19.6 Å². The summed E-state index contributed by atoms with van der Waals surface area (Å²) in [6.07, 6.45) is 0. The number of fused-ring (bicyclic) bond motifs is 1. The zero-order valence-electron chi connectivity index (χ0n) is 16.4. The van der Waals surface area contributed by atoms with E-state index in [1.54, 1.807) is 56.5 Å². The summed E-state index contributed by atoms with van der Waals surface area (Å²) in [6, 6.07) is 11.6. The van der Waals surface area contributed by atoms with Crippen LogP contribution in [-0.2, 0) is 0 Å². The van der Waals surface area contributed by atoms with Crippen LogP contribution < -0.4 is 20.2 Å². The van der Waals surface area contributed by atoms with Gasteiger partial charge in [-0.1, -0.05) is 13.8 Å². The van der Waals surface area contributed by atoms with Gasteiger partial charge in [-0.25, -0.2) is 0 Å². The smallest absolute Gasteiger partial charge is 0.251 e. The molecule has 6 heteroatoms. The normalized spacial score (nSPS) is 10.9. The van der Waals surface area contributed by atoms with Crippen LogP contribution in [0.1, 0.15) is 30.0 Å². The van der Waals surface area contributed by atoms with Crippen molar-refractivity contribution in [2.24, 2.45) is 5.92 Å². The van der Waals surface area contributed by atoms with Crippen LogP contribution in [0.15, 0.2) is 51.7 Å². The standard InChI is InChI=1S/C22H23NO5/c1-13(2)12-23-22(25)15-5-7-16(8-6-15)28-21-14(3)27-19-11-17(26-4)9-10-18(19)20(21)24/h5-11,13H,12H2,1-4H3,(H,23,25). The van der Waals surface area contributed by atoms with E-state index >= 15 is 0 Å². The predicted octanol–water partition coefficient (Wildman–Crippen LogP) is 4.29. The summed E-state index contributed by atoms with van der Waals surface area (Å²) in [7, 11) is 1.55. The summed E-state index contributed by atoms with van der Waals surface area (Å²) in [6.45, 7) is 6.35. The van der Waals surface area contributed by atoms with Gasteiger partial charge in [0.15, 0.2) is 0 Å². The van der Waals surface area contributed by atoms with Crippen LogP contribution in [0.25, 0.3) is 11.0 Å². The third-order valence-electron chi connectivity index (χ3n) is 4.23. The largest absolute Gasteiger partial charge is 0.497 e. The molecule has 0 unspecified atom stereocenters. The van der Waals surface area contributed by atoms with E-state index in [0.717, 1.165) is 0 Å². The number of aryl methyl sites for hydroxylation is 1. The van der Waals surface area contributed by atoms with Crippen molar-refractivity contribution in [2.75, 3.05) is 13.7 Å². The van der Waals surface area contributed by atoms with E-state index in [0.29, 0.717) is 46.3 Å².